The van der Waals surface area contributed by atoms with Crippen LogP contribution in [0.1, 0.15) is 64.4 Å². The van der Waals surface area contributed by atoms with Crippen molar-refractivity contribution in [2.45, 2.75) is 58.0 Å². The molecule has 1 aromatic carbocycles. The molecule has 1 amide bonds. The molecule has 1 N–H and O–H groups in total. The zero-order valence-electron chi connectivity index (χ0n) is 24.0. The van der Waals surface area contributed by atoms with E-state index in [1.54, 1.807) is 30.3 Å². The smallest absolute Gasteiger partial charge is 0.494 e. The molecule has 6 rings (SSSR count). The predicted octanol–water partition coefficient (Wildman–Crippen LogP) is 5.09. The Labute approximate surface area is 251 Å². The van der Waals surface area contributed by atoms with Crippen LogP contribution in [-0.2, 0) is 25.9 Å². The average Bonchev–Trinajstić information content (AvgIpc) is 3.62. The maximum absolute atomic E-state index is 12.5. The molecule has 44 heavy (non-hydrogen) atoms. The van der Waals surface area contributed by atoms with Gasteiger partial charge in [-0.15, -0.1) is 18.3 Å². The van der Waals surface area contributed by atoms with Crippen molar-refractivity contribution in [3.8, 4) is 11.5 Å². The van der Waals surface area contributed by atoms with Gasteiger partial charge in [0.25, 0.3) is 5.91 Å². The van der Waals surface area contributed by atoms with E-state index in [0.29, 0.717) is 18.0 Å². The Hall–Kier alpha value is -4.81. The van der Waals surface area contributed by atoms with Crippen molar-refractivity contribution >= 4 is 11.5 Å². The predicted molar refractivity (Wildman–Crippen MR) is 153 cm³/mol. The first kappa shape index (κ1) is 29.3. The zero-order chi connectivity index (χ0) is 30.7. The highest BCUT2D eigenvalue weighted by molar-refractivity contribution is 5.91. The van der Waals surface area contributed by atoms with Gasteiger partial charge in [-0.1, -0.05) is 22.9 Å². The van der Waals surface area contributed by atoms with E-state index in [1.807, 2.05) is 12.1 Å². The van der Waals surface area contributed by atoms with E-state index in [1.165, 1.54) is 36.6 Å². The Morgan fingerprint density at radius 3 is 2.75 bits per heavy atom. The SMILES string of the molecule is COc1cccnc1C1=C(C2CC2)Cc2nnc(CCCCn3cc(C(=O)NCc4cccc(OC(F)(F)F)c4)nn3)cc21. The lowest BCUT2D eigenvalue weighted by Gasteiger charge is -2.12. The number of allylic oxidation sites excluding steroid dienone is 1. The number of methoxy groups -OCH3 is 1. The van der Waals surface area contributed by atoms with Gasteiger partial charge in [-0.2, -0.15) is 10.2 Å². The number of benzene rings is 1. The number of carbonyl (C=O) groups is 1. The number of pyridine rings is 1. The normalized spacial score (nSPS) is 14.5. The lowest BCUT2D eigenvalue weighted by Crippen LogP contribution is -2.23. The van der Waals surface area contributed by atoms with Crippen LogP contribution in [0.4, 0.5) is 13.2 Å². The molecular weight excluding hydrogens is 575 g/mol. The van der Waals surface area contributed by atoms with Gasteiger partial charge in [0.05, 0.1) is 24.7 Å². The first-order valence-electron chi connectivity index (χ1n) is 14.4. The number of ether oxygens (including phenoxy) is 2. The average molecular weight is 606 g/mol. The van der Waals surface area contributed by atoms with Gasteiger partial charge in [0, 0.05) is 36.8 Å². The van der Waals surface area contributed by atoms with E-state index in [2.05, 4.69) is 41.6 Å². The quantitative estimate of drug-likeness (QED) is 0.222. The van der Waals surface area contributed by atoms with Crippen molar-refractivity contribution in [2.24, 2.45) is 5.92 Å². The molecule has 1 saturated carbocycles. The summed E-state index contributed by atoms with van der Waals surface area (Å²) < 4.78 is 48.6. The molecule has 228 valence electrons. The molecule has 0 bridgehead atoms. The van der Waals surface area contributed by atoms with E-state index in [0.717, 1.165) is 59.7 Å². The van der Waals surface area contributed by atoms with Crippen LogP contribution < -0.4 is 14.8 Å². The van der Waals surface area contributed by atoms with Gasteiger partial charge in [-0.25, -0.2) is 0 Å². The number of nitrogens with one attached hydrogen (secondary N) is 1. The Bertz CT molecular complexity index is 1700. The van der Waals surface area contributed by atoms with E-state index in [4.69, 9.17) is 4.74 Å². The highest BCUT2D eigenvalue weighted by Crippen LogP contribution is 2.48. The molecule has 13 heteroatoms. The molecule has 10 nitrogen and oxygen atoms in total. The number of aryl methyl sites for hydroxylation is 2. The van der Waals surface area contributed by atoms with Crippen molar-refractivity contribution in [3.63, 3.8) is 0 Å². The molecule has 0 spiro atoms. The van der Waals surface area contributed by atoms with Gasteiger partial charge in [0.15, 0.2) is 5.69 Å². The molecule has 2 aliphatic carbocycles. The number of amides is 1. The summed E-state index contributed by atoms with van der Waals surface area (Å²) in [5.74, 6) is 0.478. The molecular formula is C31H30F3N7O3. The first-order valence-corrected chi connectivity index (χ1v) is 14.4. The lowest BCUT2D eigenvalue weighted by molar-refractivity contribution is -0.274. The highest BCUT2D eigenvalue weighted by Gasteiger charge is 2.36. The number of alkyl halides is 3. The summed E-state index contributed by atoms with van der Waals surface area (Å²) in [4.78, 5) is 17.2. The maximum atomic E-state index is 12.5. The van der Waals surface area contributed by atoms with Crippen LogP contribution in [0.5, 0.6) is 11.5 Å². The number of aromatic nitrogens is 6. The molecule has 4 aromatic rings. The summed E-state index contributed by atoms with van der Waals surface area (Å²) >= 11 is 0. The number of carbonyl (C=O) groups excluding carboxylic acids is 1. The lowest BCUT2D eigenvalue weighted by atomic mass is 9.99. The van der Waals surface area contributed by atoms with Crippen LogP contribution in [0.25, 0.3) is 5.57 Å². The van der Waals surface area contributed by atoms with E-state index in [-0.39, 0.29) is 18.0 Å². The maximum Gasteiger partial charge on any atom is 0.573 e. The summed E-state index contributed by atoms with van der Waals surface area (Å²) in [6.07, 6.45) is 4.04. The number of hydrogen-bond acceptors (Lipinski definition) is 8. The number of unbranched alkanes of at least 4 members (excludes halogenated alkanes) is 1. The second-order valence-electron chi connectivity index (χ2n) is 10.8. The van der Waals surface area contributed by atoms with Gasteiger partial charge >= 0.3 is 6.36 Å². The molecule has 1 fully saturated rings. The molecule has 3 aromatic heterocycles. The fraction of sp³-hybridized carbons (Fsp3) is 0.355. The zero-order valence-corrected chi connectivity index (χ0v) is 24.0. The summed E-state index contributed by atoms with van der Waals surface area (Å²) in [5.41, 5.74) is 6.89. The van der Waals surface area contributed by atoms with Crippen molar-refractivity contribution in [3.05, 3.63) is 94.3 Å². The second kappa shape index (κ2) is 12.4. The molecule has 2 aliphatic rings. The summed E-state index contributed by atoms with van der Waals surface area (Å²) in [5, 5.41) is 19.7. The Kier molecular flexibility index (Phi) is 8.27. The Morgan fingerprint density at radius 1 is 1.09 bits per heavy atom. The largest absolute Gasteiger partial charge is 0.573 e. The van der Waals surface area contributed by atoms with Gasteiger partial charge in [0.1, 0.15) is 17.2 Å². The standard InChI is InChI=1S/C31H30F3N7O3/c1-43-27-9-5-12-35-29(27)28-23(20-10-11-20)16-25-24(28)15-21(37-38-25)7-2-3-13-41-18-26(39-40-41)30(42)36-17-19-6-4-8-22(14-19)44-31(32,33)34/h4-6,8-9,12,14-15,18,20H,2-3,7,10-11,13,16-17H2,1H3,(H,36,42). The van der Waals surface area contributed by atoms with E-state index < -0.39 is 12.3 Å². The Balaban J connectivity index is 1.02. The fourth-order valence-corrected chi connectivity index (χ4v) is 5.39. The molecule has 0 saturated heterocycles. The highest BCUT2D eigenvalue weighted by atomic mass is 19.4. The van der Waals surface area contributed by atoms with Gasteiger partial charge in [-0.3, -0.25) is 14.5 Å². The van der Waals surface area contributed by atoms with Crippen LogP contribution in [-0.4, -0.2) is 49.6 Å². The monoisotopic (exact) mass is 605 g/mol. The number of hydrogen-bond donors (Lipinski definition) is 1. The van der Waals surface area contributed by atoms with Gasteiger partial charge in [-0.05, 0) is 73.9 Å². The third-order valence-corrected chi connectivity index (χ3v) is 7.59. The van der Waals surface area contributed by atoms with E-state index >= 15 is 0 Å². The first-order chi connectivity index (χ1) is 21.3. The number of rotatable bonds is 12. The minimum absolute atomic E-state index is 0.00866. The van der Waals surface area contributed by atoms with Crippen LogP contribution in [0.3, 0.4) is 0 Å². The van der Waals surface area contributed by atoms with Gasteiger partial charge in [0.2, 0.25) is 0 Å². The van der Waals surface area contributed by atoms with Crippen LogP contribution in [0, 0.1) is 5.92 Å². The molecule has 0 aliphatic heterocycles. The summed E-state index contributed by atoms with van der Waals surface area (Å²) in [7, 11) is 1.66. The minimum Gasteiger partial charge on any atom is -0.494 e. The van der Waals surface area contributed by atoms with E-state index in [9.17, 15) is 18.0 Å². The van der Waals surface area contributed by atoms with Crippen molar-refractivity contribution in [1.29, 1.82) is 0 Å². The fourth-order valence-electron chi connectivity index (χ4n) is 5.39. The molecule has 0 unspecified atom stereocenters. The second-order valence-corrected chi connectivity index (χ2v) is 10.8. The number of fused-ring (bicyclic) bond motifs is 1. The number of halogens is 3. The third-order valence-electron chi connectivity index (χ3n) is 7.59. The molecule has 3 heterocycles. The topological polar surface area (TPSA) is 117 Å². The molecule has 0 radical (unpaired) electrons. The number of nitrogens with zero attached hydrogens (tertiary/aromatic N) is 6. The third kappa shape index (κ3) is 6.87. The summed E-state index contributed by atoms with van der Waals surface area (Å²) in [6, 6.07) is 11.4. The van der Waals surface area contributed by atoms with Crippen molar-refractivity contribution < 1.29 is 27.4 Å². The van der Waals surface area contributed by atoms with Crippen LogP contribution in [0.2, 0.25) is 0 Å². The van der Waals surface area contributed by atoms with Crippen LogP contribution >= 0.6 is 0 Å². The van der Waals surface area contributed by atoms with Crippen molar-refractivity contribution in [1.82, 2.24) is 35.5 Å². The molecule has 0 atom stereocenters. The minimum atomic E-state index is -4.79. The van der Waals surface area contributed by atoms with Gasteiger partial charge < -0.3 is 14.8 Å². The van der Waals surface area contributed by atoms with Crippen LogP contribution in [0.15, 0.2) is 60.4 Å². The van der Waals surface area contributed by atoms with Crippen molar-refractivity contribution in [2.75, 3.05) is 7.11 Å². The Morgan fingerprint density at radius 2 is 1.95 bits per heavy atom. The summed E-state index contributed by atoms with van der Waals surface area (Å²) in [6.45, 7) is 0.562.